The lowest BCUT2D eigenvalue weighted by Crippen LogP contribution is -2.38. The Kier molecular flexibility index (Phi) is 9.31. The Labute approximate surface area is 180 Å². The lowest BCUT2D eigenvalue weighted by Gasteiger charge is -2.14. The fourth-order valence-electron chi connectivity index (χ4n) is 2.59. The van der Waals surface area contributed by atoms with Crippen LogP contribution in [0.5, 0.6) is 5.75 Å². The van der Waals surface area contributed by atoms with Crippen molar-refractivity contribution in [1.29, 1.82) is 5.53 Å². The molecular weight excluding hydrogens is 402 g/mol. The van der Waals surface area contributed by atoms with Crippen LogP contribution >= 0.6 is 0 Å². The van der Waals surface area contributed by atoms with E-state index in [-0.39, 0.29) is 31.4 Å². The molecule has 0 unspecified atom stereocenters. The Hall–Kier alpha value is -3.59. The summed E-state index contributed by atoms with van der Waals surface area (Å²) in [6, 6.07) is 12.2. The van der Waals surface area contributed by atoms with Gasteiger partial charge in [-0.25, -0.2) is 10.3 Å². The molecule has 0 fully saturated rings. The Balaban J connectivity index is 1.86. The van der Waals surface area contributed by atoms with Gasteiger partial charge in [0.05, 0.1) is 19.2 Å². The van der Waals surface area contributed by atoms with Gasteiger partial charge in [-0.2, -0.15) is 5.11 Å². The number of hydrogen-bond donors (Lipinski definition) is 2. The Morgan fingerprint density at radius 2 is 1.65 bits per heavy atom. The molecule has 164 valence electrons. The molecule has 1 amide bonds. The van der Waals surface area contributed by atoms with Crippen molar-refractivity contribution in [1.82, 2.24) is 5.32 Å². The number of methoxy groups -OCH3 is 1. The minimum atomic E-state index is -0.738. The molecule has 0 aromatic heterocycles. The highest BCUT2D eigenvalue weighted by atomic mass is 16.6. The third-order valence-electron chi connectivity index (χ3n) is 4.26. The van der Waals surface area contributed by atoms with Crippen LogP contribution in [0.3, 0.4) is 0 Å². The van der Waals surface area contributed by atoms with Crippen LogP contribution in [0.15, 0.2) is 53.6 Å². The van der Waals surface area contributed by atoms with Crippen LogP contribution in [0, 0.1) is 5.53 Å². The number of esters is 1. The first-order valence-corrected chi connectivity index (χ1v) is 9.59. The number of nitrogens with one attached hydrogen (secondary N) is 2. The zero-order chi connectivity index (χ0) is 22.6. The average molecular weight is 427 g/mol. The summed E-state index contributed by atoms with van der Waals surface area (Å²) in [5.74, 6) is -0.738. The Morgan fingerprint density at radius 3 is 2.26 bits per heavy atom. The van der Waals surface area contributed by atoms with Crippen LogP contribution < -0.4 is 10.1 Å². The van der Waals surface area contributed by atoms with Crippen molar-refractivity contribution in [2.24, 2.45) is 5.11 Å². The molecule has 0 radical (unpaired) electrons. The first kappa shape index (κ1) is 23.7. The van der Waals surface area contributed by atoms with E-state index in [1.165, 1.54) is 7.11 Å². The second-order valence-electron chi connectivity index (χ2n) is 6.60. The molecule has 0 bridgehead atoms. The number of carbonyl (C=O) groups is 3. The number of ketones is 1. The van der Waals surface area contributed by atoms with Gasteiger partial charge in [-0.1, -0.05) is 12.1 Å². The Bertz CT molecular complexity index is 896. The van der Waals surface area contributed by atoms with Gasteiger partial charge in [0.1, 0.15) is 12.4 Å². The Morgan fingerprint density at radius 1 is 1.00 bits per heavy atom. The number of carbonyl (C=O) groups excluding carboxylic acids is 3. The summed E-state index contributed by atoms with van der Waals surface area (Å²) in [5.41, 5.74) is 8.49. The number of ether oxygens (including phenoxy) is 3. The molecular formula is C22H25N3O6. The molecule has 31 heavy (non-hydrogen) atoms. The van der Waals surface area contributed by atoms with Gasteiger partial charge in [-0.15, -0.1) is 0 Å². The second kappa shape index (κ2) is 12.2. The van der Waals surface area contributed by atoms with Crippen molar-refractivity contribution >= 4 is 17.7 Å². The molecule has 0 aliphatic carbocycles. The summed E-state index contributed by atoms with van der Waals surface area (Å²) in [4.78, 5) is 36.5. The number of Topliss-reactive ketones (excluding diaryl/α,β-unsaturated/α-hetero) is 1. The number of rotatable bonds is 12. The van der Waals surface area contributed by atoms with E-state index in [1.807, 2.05) is 0 Å². The van der Waals surface area contributed by atoms with Gasteiger partial charge < -0.3 is 19.5 Å². The lowest BCUT2D eigenvalue weighted by atomic mass is 10.0. The van der Waals surface area contributed by atoms with E-state index in [2.05, 4.69) is 10.4 Å². The fraction of sp³-hybridized carbons (Fsp3) is 0.318. The normalized spacial score (nSPS) is 11.3. The fourth-order valence-corrected chi connectivity index (χ4v) is 2.59. The van der Waals surface area contributed by atoms with Gasteiger partial charge in [0, 0.05) is 18.2 Å². The highest BCUT2D eigenvalue weighted by Crippen LogP contribution is 2.14. The maximum Gasteiger partial charge on any atom is 0.344 e. The van der Waals surface area contributed by atoms with Gasteiger partial charge >= 0.3 is 5.97 Å². The van der Waals surface area contributed by atoms with E-state index in [9.17, 15) is 14.4 Å². The predicted octanol–water partition coefficient (Wildman–Crippen LogP) is 2.79. The zero-order valence-corrected chi connectivity index (χ0v) is 17.4. The highest BCUT2D eigenvalue weighted by molar-refractivity contribution is 6.04. The van der Waals surface area contributed by atoms with Crippen molar-refractivity contribution in [2.45, 2.75) is 19.5 Å². The molecule has 9 heteroatoms. The maximum atomic E-state index is 12.6. The lowest BCUT2D eigenvalue weighted by molar-refractivity contribution is -0.147. The molecule has 0 saturated carbocycles. The van der Waals surface area contributed by atoms with E-state index in [4.69, 9.17) is 19.7 Å². The average Bonchev–Trinajstić information content (AvgIpc) is 2.78. The van der Waals surface area contributed by atoms with E-state index in [1.54, 1.807) is 55.5 Å². The summed E-state index contributed by atoms with van der Waals surface area (Å²) in [7, 11) is 1.51. The van der Waals surface area contributed by atoms with E-state index < -0.39 is 12.0 Å². The number of amides is 1. The molecule has 2 aromatic carbocycles. The highest BCUT2D eigenvalue weighted by Gasteiger charge is 2.18. The molecule has 0 spiro atoms. The summed E-state index contributed by atoms with van der Waals surface area (Å²) in [6.45, 7) is 2.07. The van der Waals surface area contributed by atoms with Crippen LogP contribution in [-0.4, -0.2) is 50.6 Å². The van der Waals surface area contributed by atoms with Gasteiger partial charge in [-0.3, -0.25) is 9.59 Å². The number of benzene rings is 2. The standard InChI is InChI=1S/C22H25N3O6/c1-15(25-22(28)18-5-3-16(4-6-18)13-24-23)21(27)17-7-9-19(10-8-17)31-14-20(26)30-12-11-29-2/h3-10,15,23H,11-14H2,1-2H3,(H,25,28)/t15-/m0/s1. The van der Waals surface area contributed by atoms with Crippen LogP contribution in [0.2, 0.25) is 0 Å². The van der Waals surface area contributed by atoms with E-state index in [0.29, 0.717) is 23.5 Å². The van der Waals surface area contributed by atoms with Crippen LogP contribution in [0.1, 0.15) is 33.2 Å². The summed E-state index contributed by atoms with van der Waals surface area (Å²) < 4.78 is 15.0. The SMILES string of the molecule is COCCOC(=O)COc1ccc(C(=O)[C@H](C)NC(=O)c2ccc(CN=N)cc2)cc1. The summed E-state index contributed by atoms with van der Waals surface area (Å²) in [6.07, 6.45) is 0. The summed E-state index contributed by atoms with van der Waals surface area (Å²) >= 11 is 0. The maximum absolute atomic E-state index is 12.6. The van der Waals surface area contributed by atoms with Crippen molar-refractivity contribution in [3.8, 4) is 5.75 Å². The molecule has 0 aliphatic rings. The molecule has 9 nitrogen and oxygen atoms in total. The minimum absolute atomic E-state index is 0.154. The van der Waals surface area contributed by atoms with Crippen molar-refractivity contribution in [3.63, 3.8) is 0 Å². The van der Waals surface area contributed by atoms with Crippen LogP contribution in [0.25, 0.3) is 0 Å². The molecule has 0 heterocycles. The van der Waals surface area contributed by atoms with Gasteiger partial charge in [0.25, 0.3) is 5.91 Å². The molecule has 1 atom stereocenters. The van der Waals surface area contributed by atoms with Crippen LogP contribution in [-0.2, 0) is 20.8 Å². The van der Waals surface area contributed by atoms with Crippen LogP contribution in [0.4, 0.5) is 0 Å². The van der Waals surface area contributed by atoms with Crippen molar-refractivity contribution in [2.75, 3.05) is 26.9 Å². The number of nitrogens with zero attached hydrogens (tertiary/aromatic N) is 1. The first-order valence-electron chi connectivity index (χ1n) is 9.59. The molecule has 0 aliphatic heterocycles. The van der Waals surface area contributed by atoms with E-state index >= 15 is 0 Å². The smallest absolute Gasteiger partial charge is 0.344 e. The molecule has 2 rings (SSSR count). The molecule has 2 aromatic rings. The number of hydrogen-bond acceptors (Lipinski definition) is 8. The zero-order valence-electron chi connectivity index (χ0n) is 17.4. The van der Waals surface area contributed by atoms with Crippen molar-refractivity contribution < 1.29 is 28.6 Å². The van der Waals surface area contributed by atoms with E-state index in [0.717, 1.165) is 5.56 Å². The van der Waals surface area contributed by atoms with Crippen molar-refractivity contribution in [3.05, 3.63) is 65.2 Å². The molecule has 2 N–H and O–H groups in total. The first-order chi connectivity index (χ1) is 14.9. The second-order valence-corrected chi connectivity index (χ2v) is 6.60. The largest absolute Gasteiger partial charge is 0.482 e. The molecule has 0 saturated heterocycles. The quantitative estimate of drug-likeness (QED) is 0.232. The van der Waals surface area contributed by atoms with Gasteiger partial charge in [0.15, 0.2) is 12.4 Å². The minimum Gasteiger partial charge on any atom is -0.482 e. The van der Waals surface area contributed by atoms with Gasteiger partial charge in [-0.05, 0) is 48.9 Å². The summed E-state index contributed by atoms with van der Waals surface area (Å²) in [5, 5.41) is 5.97. The third-order valence-corrected chi connectivity index (χ3v) is 4.26. The van der Waals surface area contributed by atoms with Gasteiger partial charge in [0.2, 0.25) is 0 Å². The monoisotopic (exact) mass is 427 g/mol. The third kappa shape index (κ3) is 7.63. The topological polar surface area (TPSA) is 127 Å². The predicted molar refractivity (Wildman–Crippen MR) is 111 cm³/mol.